The number of carbonyl (C=O) groups is 2. The number of nitrogens with one attached hydrogen (secondary N) is 2. The molecule has 8 heteroatoms. The van der Waals surface area contributed by atoms with E-state index in [1.165, 1.54) is 19.3 Å². The highest BCUT2D eigenvalue weighted by Gasteiger charge is 2.29. The van der Waals surface area contributed by atoms with Gasteiger partial charge in [-0.2, -0.15) is 0 Å². The number of amides is 2. The predicted octanol–water partition coefficient (Wildman–Crippen LogP) is 2.02. The Morgan fingerprint density at radius 2 is 1.62 bits per heavy atom. The molecule has 1 aromatic heterocycles. The van der Waals surface area contributed by atoms with Crippen LogP contribution in [0.2, 0.25) is 0 Å². The molecule has 1 aliphatic carbocycles. The van der Waals surface area contributed by atoms with Gasteiger partial charge in [-0.15, -0.1) is 0 Å². The highest BCUT2D eigenvalue weighted by Crippen LogP contribution is 2.25. The molecular formula is C24H38N4O4. The fraction of sp³-hybridized carbons (Fsp3) is 0.708. The summed E-state index contributed by atoms with van der Waals surface area (Å²) in [6.45, 7) is 10.5. The summed E-state index contributed by atoms with van der Waals surface area (Å²) in [5, 5.41) is 5.64. The van der Waals surface area contributed by atoms with Crippen molar-refractivity contribution in [2.75, 3.05) is 39.4 Å². The Kier molecular flexibility index (Phi) is 8.48. The van der Waals surface area contributed by atoms with Gasteiger partial charge in [0.2, 0.25) is 5.43 Å². The van der Waals surface area contributed by atoms with Crippen LogP contribution in [0.25, 0.3) is 0 Å². The quantitative estimate of drug-likeness (QED) is 0.637. The number of hydrogen-bond donors (Lipinski definition) is 2. The summed E-state index contributed by atoms with van der Waals surface area (Å²) in [7, 11) is 0. The van der Waals surface area contributed by atoms with Crippen LogP contribution in [0.5, 0.6) is 0 Å². The van der Waals surface area contributed by atoms with Gasteiger partial charge in [0.25, 0.3) is 11.8 Å². The van der Waals surface area contributed by atoms with E-state index in [2.05, 4.69) is 29.4 Å². The monoisotopic (exact) mass is 446 g/mol. The molecule has 178 valence electrons. The molecule has 0 unspecified atom stereocenters. The van der Waals surface area contributed by atoms with Crippen molar-refractivity contribution in [3.05, 3.63) is 33.7 Å². The summed E-state index contributed by atoms with van der Waals surface area (Å²) in [6, 6.07) is 0. The van der Waals surface area contributed by atoms with Gasteiger partial charge >= 0.3 is 0 Å². The van der Waals surface area contributed by atoms with E-state index in [-0.39, 0.29) is 16.7 Å². The SMILES string of the molecule is CCNC(=O)c1cn(CC2CCCCC2)cc(C(=O)NCC(C)(C)N2CCOCC2)c1=O. The highest BCUT2D eigenvalue weighted by atomic mass is 16.5. The van der Waals surface area contributed by atoms with E-state index in [1.807, 2.05) is 11.5 Å². The Bertz CT molecular complexity index is 852. The minimum Gasteiger partial charge on any atom is -0.379 e. The van der Waals surface area contributed by atoms with Crippen molar-refractivity contribution in [2.24, 2.45) is 5.92 Å². The first-order valence-electron chi connectivity index (χ1n) is 11.9. The number of carbonyl (C=O) groups excluding carboxylic acids is 2. The Morgan fingerprint density at radius 1 is 1.03 bits per heavy atom. The largest absolute Gasteiger partial charge is 0.379 e. The predicted molar refractivity (Wildman–Crippen MR) is 124 cm³/mol. The van der Waals surface area contributed by atoms with E-state index in [0.717, 1.165) is 25.9 Å². The molecule has 0 bridgehead atoms. The molecule has 8 nitrogen and oxygen atoms in total. The maximum absolute atomic E-state index is 13.1. The minimum absolute atomic E-state index is 0.0299. The van der Waals surface area contributed by atoms with Gasteiger partial charge in [0.1, 0.15) is 11.1 Å². The van der Waals surface area contributed by atoms with Gasteiger partial charge in [-0.05, 0) is 39.5 Å². The van der Waals surface area contributed by atoms with Crippen LogP contribution in [0.15, 0.2) is 17.2 Å². The molecule has 3 rings (SSSR count). The summed E-state index contributed by atoms with van der Waals surface area (Å²) in [5.74, 6) is -0.359. The number of ether oxygens (including phenoxy) is 1. The molecule has 2 fully saturated rings. The van der Waals surface area contributed by atoms with E-state index in [9.17, 15) is 14.4 Å². The minimum atomic E-state index is -0.516. The molecule has 0 radical (unpaired) electrons. The molecule has 2 heterocycles. The van der Waals surface area contributed by atoms with Crippen molar-refractivity contribution in [1.82, 2.24) is 20.1 Å². The Labute approximate surface area is 190 Å². The van der Waals surface area contributed by atoms with Gasteiger partial charge in [-0.1, -0.05) is 19.3 Å². The fourth-order valence-electron chi connectivity index (χ4n) is 4.66. The number of aromatic nitrogens is 1. The highest BCUT2D eigenvalue weighted by molar-refractivity contribution is 5.99. The zero-order chi connectivity index (χ0) is 23.1. The summed E-state index contributed by atoms with van der Waals surface area (Å²) < 4.78 is 7.29. The van der Waals surface area contributed by atoms with Gasteiger partial charge in [0.05, 0.1) is 13.2 Å². The van der Waals surface area contributed by atoms with Crippen LogP contribution in [-0.2, 0) is 11.3 Å². The van der Waals surface area contributed by atoms with E-state index in [0.29, 0.717) is 38.8 Å². The average molecular weight is 447 g/mol. The summed E-state index contributed by atoms with van der Waals surface area (Å²) in [6.07, 6.45) is 9.18. The molecule has 0 spiro atoms. The maximum Gasteiger partial charge on any atom is 0.256 e. The van der Waals surface area contributed by atoms with Gasteiger partial charge < -0.3 is 19.9 Å². The molecule has 2 aliphatic rings. The average Bonchev–Trinajstić information content (AvgIpc) is 2.80. The van der Waals surface area contributed by atoms with Crippen LogP contribution >= 0.6 is 0 Å². The molecule has 0 aromatic carbocycles. The van der Waals surface area contributed by atoms with Crippen molar-refractivity contribution in [1.29, 1.82) is 0 Å². The zero-order valence-electron chi connectivity index (χ0n) is 19.7. The lowest BCUT2D eigenvalue weighted by Crippen LogP contribution is -2.55. The Hall–Kier alpha value is -2.19. The van der Waals surface area contributed by atoms with Crippen molar-refractivity contribution < 1.29 is 14.3 Å². The fourth-order valence-corrected chi connectivity index (χ4v) is 4.66. The molecule has 1 aliphatic heterocycles. The lowest BCUT2D eigenvalue weighted by atomic mass is 9.89. The number of nitrogens with zero attached hydrogens (tertiary/aromatic N) is 2. The van der Waals surface area contributed by atoms with Crippen LogP contribution in [0.3, 0.4) is 0 Å². The Balaban J connectivity index is 1.80. The molecule has 1 saturated heterocycles. The molecular weight excluding hydrogens is 408 g/mol. The van der Waals surface area contributed by atoms with Crippen molar-refractivity contribution >= 4 is 11.8 Å². The molecule has 0 atom stereocenters. The first-order valence-corrected chi connectivity index (χ1v) is 11.9. The standard InChI is InChI=1S/C24H38N4O4/c1-4-25-22(30)19-15-27(14-18-8-6-5-7-9-18)16-20(21(19)29)23(31)26-17-24(2,3)28-10-12-32-13-11-28/h15-16,18H,4-14,17H2,1-3H3,(H,25,30)(H,26,31). The third kappa shape index (κ3) is 6.19. The zero-order valence-corrected chi connectivity index (χ0v) is 19.7. The topological polar surface area (TPSA) is 92.7 Å². The van der Waals surface area contributed by atoms with Gasteiger partial charge in [0, 0.05) is 50.7 Å². The lowest BCUT2D eigenvalue weighted by molar-refractivity contribution is -0.00923. The first-order chi connectivity index (χ1) is 15.3. The number of pyridine rings is 1. The first kappa shape index (κ1) is 24.5. The Morgan fingerprint density at radius 3 is 2.22 bits per heavy atom. The van der Waals surface area contributed by atoms with Crippen LogP contribution < -0.4 is 16.1 Å². The summed E-state index contributed by atoms with van der Waals surface area (Å²) in [5.41, 5.74) is -0.722. The van der Waals surface area contributed by atoms with Crippen molar-refractivity contribution in [3.63, 3.8) is 0 Å². The van der Waals surface area contributed by atoms with Crippen LogP contribution in [0.1, 0.15) is 73.6 Å². The third-order valence-electron chi connectivity index (χ3n) is 6.65. The van der Waals surface area contributed by atoms with Gasteiger partial charge in [0.15, 0.2) is 0 Å². The van der Waals surface area contributed by atoms with E-state index >= 15 is 0 Å². The second kappa shape index (κ2) is 11.1. The van der Waals surface area contributed by atoms with Crippen LogP contribution in [0.4, 0.5) is 0 Å². The molecule has 2 N–H and O–H groups in total. The normalized spacial score (nSPS) is 18.3. The maximum atomic E-state index is 13.1. The third-order valence-corrected chi connectivity index (χ3v) is 6.65. The second-order valence-corrected chi connectivity index (χ2v) is 9.57. The molecule has 32 heavy (non-hydrogen) atoms. The van der Waals surface area contributed by atoms with E-state index < -0.39 is 17.2 Å². The summed E-state index contributed by atoms with van der Waals surface area (Å²) in [4.78, 5) is 40.9. The number of hydrogen-bond acceptors (Lipinski definition) is 5. The van der Waals surface area contributed by atoms with Crippen LogP contribution in [0, 0.1) is 5.92 Å². The van der Waals surface area contributed by atoms with Gasteiger partial charge in [-0.25, -0.2) is 0 Å². The van der Waals surface area contributed by atoms with E-state index in [1.54, 1.807) is 12.4 Å². The number of morpholine rings is 1. The lowest BCUT2D eigenvalue weighted by Gasteiger charge is -2.40. The smallest absolute Gasteiger partial charge is 0.256 e. The van der Waals surface area contributed by atoms with Crippen molar-refractivity contribution in [3.8, 4) is 0 Å². The molecule has 1 saturated carbocycles. The van der Waals surface area contributed by atoms with Gasteiger partial charge in [-0.3, -0.25) is 19.3 Å². The second-order valence-electron chi connectivity index (χ2n) is 9.57. The molecule has 1 aromatic rings. The van der Waals surface area contributed by atoms with Crippen LogP contribution in [-0.4, -0.2) is 66.2 Å². The summed E-state index contributed by atoms with van der Waals surface area (Å²) >= 11 is 0. The molecule has 2 amide bonds. The number of rotatable bonds is 8. The van der Waals surface area contributed by atoms with E-state index in [4.69, 9.17) is 4.74 Å². The van der Waals surface area contributed by atoms with Crippen molar-refractivity contribution in [2.45, 2.75) is 65.0 Å².